The summed E-state index contributed by atoms with van der Waals surface area (Å²) in [5.41, 5.74) is 1.82. The van der Waals surface area contributed by atoms with Crippen molar-refractivity contribution in [3.63, 3.8) is 0 Å². The van der Waals surface area contributed by atoms with Gasteiger partial charge in [-0.2, -0.15) is 0 Å². The first-order chi connectivity index (χ1) is 11.6. The van der Waals surface area contributed by atoms with Gasteiger partial charge in [0.15, 0.2) is 5.69 Å². The van der Waals surface area contributed by atoms with Gasteiger partial charge in [0.1, 0.15) is 5.75 Å². The normalized spacial score (nSPS) is 11.1. The van der Waals surface area contributed by atoms with Crippen molar-refractivity contribution in [3.8, 4) is 11.6 Å². The molecule has 0 aliphatic rings. The van der Waals surface area contributed by atoms with E-state index in [9.17, 15) is 5.11 Å². The van der Waals surface area contributed by atoms with Gasteiger partial charge in [-0.3, -0.25) is 0 Å². The molecule has 1 heterocycles. The highest BCUT2D eigenvalue weighted by Gasteiger charge is 2.13. The molecule has 0 fully saturated rings. The molecule has 1 aromatic heterocycles. The van der Waals surface area contributed by atoms with Crippen LogP contribution in [0.15, 0.2) is 57.2 Å². The number of methoxy groups -OCH3 is 1. The van der Waals surface area contributed by atoms with E-state index in [0.29, 0.717) is 11.4 Å². The molecular weight excluding hydrogens is 392 g/mol. The Kier molecular flexibility index (Phi) is 4.77. The number of aromatic amines is 1. The molecule has 122 valence electrons. The second-order valence-electron chi connectivity index (χ2n) is 4.85. The van der Waals surface area contributed by atoms with Crippen LogP contribution in [0.3, 0.4) is 0 Å². The molecule has 3 rings (SSSR count). The largest absolute Gasteiger partial charge is 0.497 e. The number of hydrogen-bond donors (Lipinski definition) is 3. The van der Waals surface area contributed by atoms with Crippen LogP contribution in [0.2, 0.25) is 0 Å². The summed E-state index contributed by atoms with van der Waals surface area (Å²) in [6.45, 7) is 0. The number of halogens is 1. The van der Waals surface area contributed by atoms with Gasteiger partial charge in [0.2, 0.25) is 11.0 Å². The Morgan fingerprint density at radius 1 is 1.29 bits per heavy atom. The summed E-state index contributed by atoms with van der Waals surface area (Å²) in [5.74, 6) is 0.641. The number of nitrogens with zero attached hydrogens (tertiary/aromatic N) is 2. The molecule has 0 aliphatic heterocycles. The molecule has 2 aromatic carbocycles. The SMILES string of the molecule is COc1cccc(NC(=S)N=Nc2c(O)[nH]c3cccc(Br)c23)c1. The molecular formula is C16H13BrN4O2S. The number of rotatable bonds is 3. The Morgan fingerprint density at radius 3 is 2.88 bits per heavy atom. The van der Waals surface area contributed by atoms with Crippen molar-refractivity contribution >= 4 is 55.5 Å². The van der Waals surface area contributed by atoms with Crippen molar-refractivity contribution in [1.82, 2.24) is 4.98 Å². The lowest BCUT2D eigenvalue weighted by Gasteiger charge is -2.05. The van der Waals surface area contributed by atoms with E-state index >= 15 is 0 Å². The predicted molar refractivity (Wildman–Crippen MR) is 101 cm³/mol. The number of H-pyrrole nitrogens is 1. The predicted octanol–water partition coefficient (Wildman–Crippen LogP) is 5.13. The average Bonchev–Trinajstić information content (AvgIpc) is 2.90. The second kappa shape index (κ2) is 6.98. The van der Waals surface area contributed by atoms with Gasteiger partial charge in [0.05, 0.1) is 12.6 Å². The first kappa shape index (κ1) is 16.4. The molecule has 0 amide bonds. The van der Waals surface area contributed by atoms with Crippen LogP contribution in [0.4, 0.5) is 11.4 Å². The minimum atomic E-state index is -0.0650. The molecule has 0 atom stereocenters. The number of hydrogen-bond acceptors (Lipinski definition) is 4. The maximum Gasteiger partial charge on any atom is 0.218 e. The Hall–Kier alpha value is -2.45. The second-order valence-corrected chi connectivity index (χ2v) is 6.09. The highest BCUT2D eigenvalue weighted by Crippen LogP contribution is 2.39. The van der Waals surface area contributed by atoms with Crippen molar-refractivity contribution in [1.29, 1.82) is 0 Å². The lowest BCUT2D eigenvalue weighted by atomic mass is 10.2. The van der Waals surface area contributed by atoms with Gasteiger partial charge in [-0.25, -0.2) is 0 Å². The first-order valence-corrected chi connectivity index (χ1v) is 8.14. The smallest absolute Gasteiger partial charge is 0.218 e. The number of fused-ring (bicyclic) bond motifs is 1. The van der Waals surface area contributed by atoms with Gasteiger partial charge in [-0.05, 0) is 36.5 Å². The van der Waals surface area contributed by atoms with E-state index in [4.69, 9.17) is 17.0 Å². The van der Waals surface area contributed by atoms with Gasteiger partial charge < -0.3 is 20.1 Å². The van der Waals surface area contributed by atoms with Crippen LogP contribution < -0.4 is 10.1 Å². The van der Waals surface area contributed by atoms with E-state index in [2.05, 4.69) is 36.5 Å². The highest BCUT2D eigenvalue weighted by atomic mass is 79.9. The van der Waals surface area contributed by atoms with Crippen molar-refractivity contribution in [2.45, 2.75) is 0 Å². The third kappa shape index (κ3) is 3.39. The van der Waals surface area contributed by atoms with E-state index in [-0.39, 0.29) is 11.0 Å². The maximum atomic E-state index is 10.0. The van der Waals surface area contributed by atoms with Crippen molar-refractivity contribution in [3.05, 3.63) is 46.9 Å². The molecule has 24 heavy (non-hydrogen) atoms. The standard InChI is InChI=1S/C16H13BrN4O2S/c1-23-10-5-2-4-9(8-10)18-16(24)21-20-14-13-11(17)6-3-7-12(13)19-15(14)22/h2-8,19,22H,1H3,(H,18,24). The summed E-state index contributed by atoms with van der Waals surface area (Å²) >= 11 is 8.61. The Labute approximate surface area is 151 Å². The van der Waals surface area contributed by atoms with E-state index in [1.165, 1.54) is 0 Å². The number of aromatic hydroxyl groups is 1. The Bertz CT molecular complexity index is 939. The molecule has 3 N–H and O–H groups in total. The summed E-state index contributed by atoms with van der Waals surface area (Å²) in [4.78, 5) is 2.85. The van der Waals surface area contributed by atoms with Crippen molar-refractivity contribution in [2.75, 3.05) is 12.4 Å². The zero-order valence-electron chi connectivity index (χ0n) is 12.6. The maximum absolute atomic E-state index is 10.0. The van der Waals surface area contributed by atoms with Gasteiger partial charge >= 0.3 is 0 Å². The fourth-order valence-corrected chi connectivity index (χ4v) is 2.93. The third-order valence-electron chi connectivity index (χ3n) is 3.29. The summed E-state index contributed by atoms with van der Waals surface area (Å²) in [7, 11) is 1.59. The molecule has 0 saturated carbocycles. The highest BCUT2D eigenvalue weighted by molar-refractivity contribution is 9.10. The minimum absolute atomic E-state index is 0.0650. The van der Waals surface area contributed by atoms with E-state index < -0.39 is 0 Å². The molecule has 0 spiro atoms. The van der Waals surface area contributed by atoms with E-state index in [1.54, 1.807) is 13.2 Å². The quantitative estimate of drug-likeness (QED) is 0.417. The fraction of sp³-hybridized carbons (Fsp3) is 0.0625. The van der Waals surface area contributed by atoms with E-state index in [1.807, 2.05) is 36.4 Å². The van der Waals surface area contributed by atoms with Crippen LogP contribution in [0, 0.1) is 0 Å². The van der Waals surface area contributed by atoms with Gasteiger partial charge in [0.25, 0.3) is 0 Å². The van der Waals surface area contributed by atoms with Gasteiger partial charge in [0, 0.05) is 21.6 Å². The molecule has 6 nitrogen and oxygen atoms in total. The van der Waals surface area contributed by atoms with Crippen LogP contribution in [0.5, 0.6) is 11.6 Å². The van der Waals surface area contributed by atoms with Crippen LogP contribution >= 0.6 is 28.1 Å². The average molecular weight is 405 g/mol. The monoisotopic (exact) mass is 404 g/mol. The first-order valence-electron chi connectivity index (χ1n) is 6.94. The molecule has 0 saturated heterocycles. The molecule has 0 radical (unpaired) electrons. The van der Waals surface area contributed by atoms with Gasteiger partial charge in [-0.1, -0.05) is 28.1 Å². The van der Waals surface area contributed by atoms with Crippen LogP contribution in [-0.2, 0) is 0 Å². The number of ether oxygens (including phenoxy) is 1. The number of benzene rings is 2. The Morgan fingerprint density at radius 2 is 2.08 bits per heavy atom. The van der Waals surface area contributed by atoms with Crippen LogP contribution in [0.25, 0.3) is 10.9 Å². The molecule has 8 heteroatoms. The number of aromatic nitrogens is 1. The summed E-state index contributed by atoms with van der Waals surface area (Å²) in [5, 5.41) is 21.9. The number of azo groups is 1. The van der Waals surface area contributed by atoms with Crippen molar-refractivity contribution < 1.29 is 9.84 Å². The topological polar surface area (TPSA) is 82.0 Å². The number of nitrogens with one attached hydrogen (secondary N) is 2. The molecule has 0 bridgehead atoms. The van der Waals surface area contributed by atoms with Crippen LogP contribution in [-0.4, -0.2) is 22.3 Å². The van der Waals surface area contributed by atoms with Gasteiger partial charge in [-0.15, -0.1) is 10.2 Å². The summed E-state index contributed by atoms with van der Waals surface area (Å²) < 4.78 is 5.96. The number of anilines is 1. The zero-order chi connectivity index (χ0) is 17.1. The summed E-state index contributed by atoms with van der Waals surface area (Å²) in [6.07, 6.45) is 0. The Balaban J connectivity index is 1.83. The lowest BCUT2D eigenvalue weighted by Crippen LogP contribution is -2.04. The molecule has 0 aliphatic carbocycles. The zero-order valence-corrected chi connectivity index (χ0v) is 15.0. The van der Waals surface area contributed by atoms with Crippen LogP contribution in [0.1, 0.15) is 0 Å². The fourth-order valence-electron chi connectivity index (χ4n) is 2.22. The minimum Gasteiger partial charge on any atom is -0.497 e. The molecule has 0 unspecified atom stereocenters. The summed E-state index contributed by atoms with van der Waals surface area (Å²) in [6, 6.07) is 12.9. The van der Waals surface area contributed by atoms with Crippen molar-refractivity contribution in [2.24, 2.45) is 10.2 Å². The molecule has 3 aromatic rings. The van der Waals surface area contributed by atoms with E-state index in [0.717, 1.165) is 21.1 Å². The lowest BCUT2D eigenvalue weighted by molar-refractivity contribution is 0.415. The number of thiocarbonyl (C=S) groups is 1. The third-order valence-corrected chi connectivity index (χ3v) is 4.13.